The van der Waals surface area contributed by atoms with Gasteiger partial charge in [0.25, 0.3) is 0 Å². The van der Waals surface area contributed by atoms with Gasteiger partial charge in [0.1, 0.15) is 11.7 Å². The summed E-state index contributed by atoms with van der Waals surface area (Å²) in [5.41, 5.74) is -1.42. The summed E-state index contributed by atoms with van der Waals surface area (Å²) in [6, 6.07) is 7.53. The number of methoxy groups -OCH3 is 2. The number of ether oxygens (including phenoxy) is 2. The van der Waals surface area contributed by atoms with E-state index in [4.69, 9.17) is 36.6 Å². The minimum Gasteiger partial charge on any atom is -0.493 e. The molecule has 1 rings (SSSR count). The molecule has 0 aliphatic heterocycles. The minimum atomic E-state index is -3.78. The molecule has 1 N–H and O–H groups in total. The van der Waals surface area contributed by atoms with Crippen LogP contribution in [0.3, 0.4) is 0 Å². The van der Waals surface area contributed by atoms with Crippen molar-refractivity contribution in [1.82, 2.24) is 0 Å². The van der Waals surface area contributed by atoms with E-state index in [0.717, 1.165) is 18.6 Å². The van der Waals surface area contributed by atoms with Gasteiger partial charge in [0.2, 0.25) is 7.37 Å². The molecular formula is C39H86O19P4S. The summed E-state index contributed by atoms with van der Waals surface area (Å²) in [6.07, 6.45) is -0.706. The van der Waals surface area contributed by atoms with Crippen molar-refractivity contribution in [3.05, 3.63) is 24.3 Å². The van der Waals surface area contributed by atoms with E-state index in [1.807, 2.05) is 45.0 Å². The van der Waals surface area contributed by atoms with E-state index in [-0.39, 0.29) is 0 Å². The van der Waals surface area contributed by atoms with Crippen LogP contribution in [0.4, 0.5) is 0 Å². The number of hydrogen-bond acceptors (Lipinski definition) is 19. The van der Waals surface area contributed by atoms with Crippen LogP contribution in [0.2, 0.25) is 0 Å². The molecule has 0 radical (unpaired) electrons. The van der Waals surface area contributed by atoms with E-state index in [0.29, 0.717) is 5.41 Å². The van der Waals surface area contributed by atoms with Crippen molar-refractivity contribution in [3.8, 4) is 11.5 Å². The smallest absolute Gasteiger partial charge is 0.474 e. The van der Waals surface area contributed by atoms with Crippen LogP contribution in [-0.4, -0.2) is 113 Å². The molecule has 1 aromatic carbocycles. The Morgan fingerprint density at radius 1 is 0.556 bits per heavy atom. The van der Waals surface area contributed by atoms with Crippen molar-refractivity contribution in [2.75, 3.05) is 77.4 Å². The van der Waals surface area contributed by atoms with Crippen molar-refractivity contribution >= 4 is 40.8 Å². The van der Waals surface area contributed by atoms with Gasteiger partial charge in [-0.25, -0.2) is 8.75 Å². The second-order valence-electron chi connectivity index (χ2n) is 18.4. The van der Waals surface area contributed by atoms with E-state index in [1.54, 1.807) is 76.5 Å². The highest BCUT2D eigenvalue weighted by Crippen LogP contribution is 2.73. The van der Waals surface area contributed by atoms with Gasteiger partial charge < -0.3 is 37.2 Å². The highest BCUT2D eigenvalue weighted by Gasteiger charge is 2.54. The maximum Gasteiger partial charge on any atom is 0.474 e. The minimum absolute atomic E-state index is 0.434. The van der Waals surface area contributed by atoms with Gasteiger partial charge in [-0.3, -0.25) is 31.4 Å². The van der Waals surface area contributed by atoms with Crippen LogP contribution in [0.25, 0.3) is 0 Å². The van der Waals surface area contributed by atoms with Crippen LogP contribution in [0, 0.1) is 10.8 Å². The normalized spacial score (nSPS) is 14.1. The SMILES string of the molecule is CC(C)(C)C.COP(=O)(CO)C(C(C)(C)C)P(=O)(OC)OC.COP(=O)(OC)C(C)(C)C.COP(=O)(OC)OC(C)(C)C.COS(=O)(=O)OC(C)(C)C.COc1ccccc1OC. The fourth-order valence-corrected chi connectivity index (χ4v) is 12.9. The number of rotatable bonds is 15. The molecule has 382 valence electrons. The lowest BCUT2D eigenvalue weighted by atomic mass is 10.00. The van der Waals surface area contributed by atoms with Crippen LogP contribution >= 0.6 is 30.4 Å². The summed E-state index contributed by atoms with van der Waals surface area (Å²) < 4.78 is 126. The standard InChI is InChI=1S/C9H22O6P2.C8H10O2.C6H15O4P.C6H15O3P.C5H12O4S.C5H12/c1-9(2,3)8(16(11,7-10)13-4)17(12,14-5)15-6;1-9-7-5-3-4-6-8(7)10-2;1-6(2,3)10-11(7,8-4)9-5;1-6(2,3)10(7,8-4)9-5;1-5(2,3)9-10(6,7)8-4;1-5(2,3)4/h8,10H,7H2,1-6H3;3-6H,1-2H3;1-5H3;1-5H3;1-4H3;1-4H3. The van der Waals surface area contributed by atoms with E-state index >= 15 is 0 Å². The van der Waals surface area contributed by atoms with Crippen molar-refractivity contribution in [2.24, 2.45) is 10.8 Å². The van der Waals surface area contributed by atoms with E-state index in [1.165, 1.54) is 49.8 Å². The molecule has 0 amide bonds. The van der Waals surface area contributed by atoms with Crippen molar-refractivity contribution in [2.45, 2.75) is 133 Å². The lowest BCUT2D eigenvalue weighted by Crippen LogP contribution is -2.29. The Balaban J connectivity index is -0.000000220. The number of hydrogen-bond donors (Lipinski definition) is 1. The van der Waals surface area contributed by atoms with Crippen LogP contribution in [-0.2, 0) is 73.2 Å². The molecule has 0 fully saturated rings. The van der Waals surface area contributed by atoms with E-state index in [2.05, 4.69) is 45.1 Å². The van der Waals surface area contributed by atoms with Crippen molar-refractivity contribution in [3.63, 3.8) is 0 Å². The Morgan fingerprint density at radius 3 is 1.03 bits per heavy atom. The van der Waals surface area contributed by atoms with E-state index in [9.17, 15) is 31.8 Å². The first kappa shape index (κ1) is 71.3. The number of para-hydroxylation sites is 2. The molecule has 0 spiro atoms. The molecule has 24 heteroatoms. The zero-order chi connectivity index (χ0) is 51.8. The van der Waals surface area contributed by atoms with Gasteiger partial charge in [0.05, 0.1) is 37.7 Å². The molecule has 0 aromatic heterocycles. The molecule has 2 unspecified atom stereocenters. The van der Waals surface area contributed by atoms with Crippen LogP contribution in [0.15, 0.2) is 24.3 Å². The summed E-state index contributed by atoms with van der Waals surface area (Å²) in [4.78, 5) is 0. The fraction of sp³-hybridized carbons (Fsp3) is 0.846. The first-order valence-corrected chi connectivity index (χ1v) is 27.1. The van der Waals surface area contributed by atoms with Gasteiger partial charge in [-0.2, -0.15) is 8.42 Å². The Labute approximate surface area is 382 Å². The molecule has 2 atom stereocenters. The summed E-state index contributed by atoms with van der Waals surface area (Å²) in [5, 5.41) is 7.80. The Hall–Kier alpha value is -0.750. The molecule has 0 bridgehead atoms. The monoisotopic (exact) mass is 1010 g/mol. The first-order valence-electron chi connectivity index (χ1n) is 19.2. The second kappa shape index (κ2) is 30.6. The first-order chi connectivity index (χ1) is 28.0. The predicted octanol–water partition coefficient (Wildman–Crippen LogP) is 11.6. The molecule has 0 aliphatic rings. The fourth-order valence-electron chi connectivity index (χ4n) is 4.02. The lowest BCUT2D eigenvalue weighted by molar-refractivity contribution is 0.0616. The number of phosphoric acid groups is 1. The van der Waals surface area contributed by atoms with Crippen molar-refractivity contribution in [1.29, 1.82) is 0 Å². The third-order valence-corrected chi connectivity index (χ3v) is 18.7. The Bertz CT molecular complexity index is 1580. The number of aliphatic hydroxyl groups is 1. The zero-order valence-corrected chi connectivity index (χ0v) is 47.5. The molecule has 0 saturated carbocycles. The topological polar surface area (TPSA) is 233 Å². The molecule has 0 heterocycles. The van der Waals surface area contributed by atoms with Gasteiger partial charge in [-0.1, -0.05) is 60.6 Å². The molecule has 19 nitrogen and oxygen atoms in total. The Kier molecular flexibility index (Phi) is 34.6. The van der Waals surface area contributed by atoms with Crippen LogP contribution in [0.1, 0.15) is 111 Å². The third kappa shape index (κ3) is 33.4. The zero-order valence-electron chi connectivity index (χ0n) is 43.1. The summed E-state index contributed by atoms with van der Waals surface area (Å²) >= 11 is 0. The van der Waals surface area contributed by atoms with Gasteiger partial charge in [0.15, 0.2) is 11.5 Å². The lowest BCUT2D eigenvalue weighted by Gasteiger charge is -2.37. The van der Waals surface area contributed by atoms with Gasteiger partial charge in [-0.05, 0) is 85.3 Å². The largest absolute Gasteiger partial charge is 0.493 e. The summed E-state index contributed by atoms with van der Waals surface area (Å²) in [5.74, 6) is 1.54. The highest BCUT2D eigenvalue weighted by molar-refractivity contribution is 7.81. The summed E-state index contributed by atoms with van der Waals surface area (Å²) in [7, 11) is -3.75. The maximum absolute atomic E-state index is 12.5. The average molecular weight is 1020 g/mol. The number of phosphoric ester groups is 1. The van der Waals surface area contributed by atoms with Crippen molar-refractivity contribution < 1.29 is 85.8 Å². The molecule has 0 aliphatic carbocycles. The predicted molar refractivity (Wildman–Crippen MR) is 252 cm³/mol. The third-order valence-electron chi connectivity index (χ3n) is 6.44. The number of benzene rings is 1. The molecule has 1 aromatic rings. The van der Waals surface area contributed by atoms with Gasteiger partial charge in [-0.15, -0.1) is 0 Å². The quantitative estimate of drug-likeness (QED) is 0.161. The van der Waals surface area contributed by atoms with Crippen LogP contribution in [0.5, 0.6) is 11.5 Å². The molecular weight excluding hydrogens is 928 g/mol. The summed E-state index contributed by atoms with van der Waals surface area (Å²) in [6.45, 7) is 29.6. The van der Waals surface area contributed by atoms with Gasteiger partial charge in [0, 0.05) is 49.8 Å². The van der Waals surface area contributed by atoms with Crippen LogP contribution < -0.4 is 9.47 Å². The van der Waals surface area contributed by atoms with E-state index < -0.39 is 74.3 Å². The highest BCUT2D eigenvalue weighted by atomic mass is 32.3. The maximum atomic E-state index is 12.5. The molecule has 63 heavy (non-hydrogen) atoms. The van der Waals surface area contributed by atoms with Gasteiger partial charge >= 0.3 is 33.4 Å². The Morgan fingerprint density at radius 2 is 0.905 bits per heavy atom. The average Bonchev–Trinajstić information content (AvgIpc) is 3.15. The second-order valence-corrected chi connectivity index (χ2v) is 29.9. The number of aliphatic hydroxyl groups excluding tert-OH is 1. The molecule has 0 saturated heterocycles.